The lowest BCUT2D eigenvalue weighted by molar-refractivity contribution is 0.0245. The van der Waals surface area contributed by atoms with Gasteiger partial charge in [0.1, 0.15) is 0 Å². The summed E-state index contributed by atoms with van der Waals surface area (Å²) in [6, 6.07) is 10.4. The minimum atomic E-state index is 0.472. The summed E-state index contributed by atoms with van der Waals surface area (Å²) < 4.78 is 5.97. The maximum Gasteiger partial charge on any atom is 0.0720 e. The highest BCUT2D eigenvalue weighted by atomic mass is 16.5. The summed E-state index contributed by atoms with van der Waals surface area (Å²) in [5, 5.41) is 0. The number of rotatable bonds is 3. The Labute approximate surface area is 90.8 Å². The van der Waals surface area contributed by atoms with Gasteiger partial charge in [0.05, 0.1) is 12.7 Å². The van der Waals surface area contributed by atoms with E-state index in [4.69, 9.17) is 4.74 Å². The van der Waals surface area contributed by atoms with E-state index in [-0.39, 0.29) is 0 Å². The van der Waals surface area contributed by atoms with E-state index in [9.17, 15) is 0 Å². The van der Waals surface area contributed by atoms with Gasteiger partial charge in [-0.15, -0.1) is 0 Å². The van der Waals surface area contributed by atoms with Crippen molar-refractivity contribution < 1.29 is 4.74 Å². The summed E-state index contributed by atoms with van der Waals surface area (Å²) in [6.07, 6.45) is 7.71. The molecular formula is C14H16O. The lowest BCUT2D eigenvalue weighted by atomic mass is 10.0. The molecule has 0 unspecified atom stereocenters. The molecule has 1 fully saturated rings. The summed E-state index contributed by atoms with van der Waals surface area (Å²) in [5.41, 5.74) is 1.28. The Hall–Kier alpha value is -1.08. The first-order valence-electron chi connectivity index (χ1n) is 5.75. The first-order valence-corrected chi connectivity index (χ1v) is 5.75. The van der Waals surface area contributed by atoms with Crippen LogP contribution in [0.2, 0.25) is 0 Å². The molecule has 78 valence electrons. The highest BCUT2D eigenvalue weighted by Gasteiger charge is 2.36. The Morgan fingerprint density at radius 1 is 1.07 bits per heavy atom. The summed E-state index contributed by atoms with van der Waals surface area (Å²) in [5.74, 6) is 1.49. The lowest BCUT2D eigenvalue weighted by Crippen LogP contribution is -2.17. The molecule has 3 rings (SSSR count). The zero-order valence-electron chi connectivity index (χ0n) is 8.80. The summed E-state index contributed by atoms with van der Waals surface area (Å²) in [6.45, 7) is 0.766. The van der Waals surface area contributed by atoms with E-state index in [1.807, 2.05) is 6.07 Å². The molecule has 15 heavy (non-hydrogen) atoms. The molecule has 1 aromatic rings. The van der Waals surface area contributed by atoms with Crippen molar-refractivity contribution in [3.8, 4) is 0 Å². The second-order valence-electron chi connectivity index (χ2n) is 4.62. The van der Waals surface area contributed by atoms with Gasteiger partial charge < -0.3 is 4.74 Å². The summed E-state index contributed by atoms with van der Waals surface area (Å²) in [4.78, 5) is 0. The van der Waals surface area contributed by atoms with Crippen molar-refractivity contribution in [3.05, 3.63) is 48.0 Å². The van der Waals surface area contributed by atoms with Gasteiger partial charge in [-0.2, -0.15) is 0 Å². The minimum absolute atomic E-state index is 0.472. The average Bonchev–Trinajstić information content (AvgIpc) is 2.89. The molecule has 2 aliphatic rings. The molecule has 0 amide bonds. The summed E-state index contributed by atoms with van der Waals surface area (Å²) in [7, 11) is 0. The lowest BCUT2D eigenvalue weighted by Gasteiger charge is -2.18. The third-order valence-corrected chi connectivity index (χ3v) is 3.52. The highest BCUT2D eigenvalue weighted by Crippen LogP contribution is 2.40. The smallest absolute Gasteiger partial charge is 0.0720 e. The Bertz CT molecular complexity index is 355. The number of hydrogen-bond donors (Lipinski definition) is 0. The molecule has 1 saturated carbocycles. The topological polar surface area (TPSA) is 9.23 Å². The van der Waals surface area contributed by atoms with Gasteiger partial charge in [0.25, 0.3) is 0 Å². The van der Waals surface area contributed by atoms with Crippen LogP contribution in [0.3, 0.4) is 0 Å². The molecule has 1 nitrogen and oxygen atoms in total. The fourth-order valence-corrected chi connectivity index (χ4v) is 2.70. The fraction of sp³-hybridized carbons (Fsp3) is 0.429. The molecule has 0 aromatic heterocycles. The van der Waals surface area contributed by atoms with E-state index in [1.54, 1.807) is 0 Å². The SMILES string of the molecule is C1=C[C@H]2C[C@@H]1C[C@H]2OCc1ccccc1. The number of hydrogen-bond acceptors (Lipinski definition) is 1. The number of fused-ring (bicyclic) bond motifs is 2. The van der Waals surface area contributed by atoms with Crippen molar-refractivity contribution in [1.82, 2.24) is 0 Å². The Kier molecular flexibility index (Phi) is 2.34. The van der Waals surface area contributed by atoms with Gasteiger partial charge in [-0.1, -0.05) is 42.5 Å². The van der Waals surface area contributed by atoms with Gasteiger partial charge in [0.15, 0.2) is 0 Å². The van der Waals surface area contributed by atoms with Gasteiger partial charge in [-0.05, 0) is 24.3 Å². The quantitative estimate of drug-likeness (QED) is 0.681. The number of ether oxygens (including phenoxy) is 1. The largest absolute Gasteiger partial charge is 0.373 e. The molecule has 2 aliphatic carbocycles. The van der Waals surface area contributed by atoms with Crippen LogP contribution in [-0.2, 0) is 11.3 Å². The first-order chi connectivity index (χ1) is 7.42. The van der Waals surface area contributed by atoms with E-state index >= 15 is 0 Å². The molecule has 1 aromatic carbocycles. The van der Waals surface area contributed by atoms with Crippen LogP contribution in [0, 0.1) is 11.8 Å². The fourth-order valence-electron chi connectivity index (χ4n) is 2.70. The Morgan fingerprint density at radius 2 is 1.93 bits per heavy atom. The Balaban J connectivity index is 1.57. The molecular weight excluding hydrogens is 184 g/mol. The van der Waals surface area contributed by atoms with Crippen molar-refractivity contribution in [2.45, 2.75) is 25.6 Å². The van der Waals surface area contributed by atoms with Crippen LogP contribution in [0.25, 0.3) is 0 Å². The third-order valence-electron chi connectivity index (χ3n) is 3.52. The maximum atomic E-state index is 5.97. The monoisotopic (exact) mass is 200 g/mol. The number of benzene rings is 1. The van der Waals surface area contributed by atoms with Gasteiger partial charge in [0, 0.05) is 5.92 Å². The van der Waals surface area contributed by atoms with E-state index in [0.717, 1.165) is 12.5 Å². The van der Waals surface area contributed by atoms with Gasteiger partial charge >= 0.3 is 0 Å². The van der Waals surface area contributed by atoms with Gasteiger partial charge in [0.2, 0.25) is 0 Å². The van der Waals surface area contributed by atoms with Crippen molar-refractivity contribution in [1.29, 1.82) is 0 Å². The van der Waals surface area contributed by atoms with Crippen LogP contribution in [0.1, 0.15) is 18.4 Å². The van der Waals surface area contributed by atoms with Crippen molar-refractivity contribution in [2.24, 2.45) is 11.8 Å². The predicted octanol–water partition coefficient (Wildman–Crippen LogP) is 3.17. The van der Waals surface area contributed by atoms with Crippen LogP contribution in [0.4, 0.5) is 0 Å². The normalized spacial score (nSPS) is 32.4. The zero-order valence-corrected chi connectivity index (χ0v) is 8.80. The molecule has 0 spiro atoms. The van der Waals surface area contributed by atoms with E-state index in [2.05, 4.69) is 36.4 Å². The Morgan fingerprint density at radius 3 is 2.60 bits per heavy atom. The predicted molar refractivity (Wildman–Crippen MR) is 60.4 cm³/mol. The van der Waals surface area contributed by atoms with Crippen LogP contribution in [0.15, 0.2) is 42.5 Å². The molecule has 2 bridgehead atoms. The van der Waals surface area contributed by atoms with E-state index in [1.165, 1.54) is 18.4 Å². The van der Waals surface area contributed by atoms with E-state index < -0.39 is 0 Å². The molecule has 0 heterocycles. The molecule has 0 N–H and O–H groups in total. The second-order valence-corrected chi connectivity index (χ2v) is 4.62. The van der Waals surface area contributed by atoms with E-state index in [0.29, 0.717) is 12.0 Å². The molecule has 0 saturated heterocycles. The maximum absolute atomic E-state index is 5.97. The average molecular weight is 200 g/mol. The molecule has 1 heteroatoms. The van der Waals surface area contributed by atoms with Crippen LogP contribution >= 0.6 is 0 Å². The van der Waals surface area contributed by atoms with Gasteiger partial charge in [-0.25, -0.2) is 0 Å². The molecule has 0 aliphatic heterocycles. The molecule has 3 atom stereocenters. The zero-order chi connectivity index (χ0) is 10.1. The van der Waals surface area contributed by atoms with Crippen LogP contribution in [0.5, 0.6) is 0 Å². The molecule has 0 radical (unpaired) electrons. The van der Waals surface area contributed by atoms with Crippen LogP contribution in [-0.4, -0.2) is 6.10 Å². The van der Waals surface area contributed by atoms with Crippen molar-refractivity contribution in [2.75, 3.05) is 0 Å². The second kappa shape index (κ2) is 3.82. The highest BCUT2D eigenvalue weighted by molar-refractivity contribution is 5.14. The van der Waals surface area contributed by atoms with Gasteiger partial charge in [-0.3, -0.25) is 0 Å². The summed E-state index contributed by atoms with van der Waals surface area (Å²) >= 11 is 0. The van der Waals surface area contributed by atoms with Crippen molar-refractivity contribution in [3.63, 3.8) is 0 Å². The first kappa shape index (κ1) is 9.17. The van der Waals surface area contributed by atoms with Crippen LogP contribution < -0.4 is 0 Å². The standard InChI is InChI=1S/C14H16O/c1-2-4-11(5-3-1)10-15-14-9-12-6-7-13(14)8-12/h1-7,12-14H,8-10H2/t12-,13+,14-/m1/s1. The third kappa shape index (κ3) is 1.84. The minimum Gasteiger partial charge on any atom is -0.373 e. The number of allylic oxidation sites excluding steroid dienone is 1. The van der Waals surface area contributed by atoms with Crippen molar-refractivity contribution >= 4 is 0 Å².